The molecule has 0 bridgehead atoms. The molecule has 1 aromatic heterocycles. The summed E-state index contributed by atoms with van der Waals surface area (Å²) in [5.41, 5.74) is 5.16. The molecule has 0 saturated heterocycles. The van der Waals surface area contributed by atoms with Gasteiger partial charge in [-0.15, -0.1) is 0 Å². The minimum Gasteiger partial charge on any atom is -0.358 e. The van der Waals surface area contributed by atoms with Crippen LogP contribution in [0.15, 0.2) is 54.1 Å². The summed E-state index contributed by atoms with van der Waals surface area (Å²) in [5.74, 6) is -0.366. The Bertz CT molecular complexity index is 1040. The van der Waals surface area contributed by atoms with Crippen molar-refractivity contribution in [3.63, 3.8) is 0 Å². The highest BCUT2D eigenvalue weighted by atomic mass is 16.1. The zero-order valence-electron chi connectivity index (χ0n) is 15.8. The summed E-state index contributed by atoms with van der Waals surface area (Å²) in [7, 11) is 0. The third-order valence-corrected chi connectivity index (χ3v) is 4.83. The van der Waals surface area contributed by atoms with E-state index in [-0.39, 0.29) is 17.5 Å². The van der Waals surface area contributed by atoms with Crippen LogP contribution in [-0.2, 0) is 11.2 Å². The molecule has 1 atom stereocenters. The van der Waals surface area contributed by atoms with E-state index in [4.69, 9.17) is 0 Å². The molecule has 1 amide bonds. The quantitative estimate of drug-likeness (QED) is 0.507. The number of aromatic nitrogens is 1. The summed E-state index contributed by atoms with van der Waals surface area (Å²) >= 11 is 0. The van der Waals surface area contributed by atoms with Gasteiger partial charge < -0.3 is 10.3 Å². The molecule has 2 aromatic carbocycles. The number of nitrogens with one attached hydrogen (secondary N) is 2. The first-order chi connectivity index (χ1) is 13.0. The molecule has 0 spiro atoms. The number of nitrogens with zero attached hydrogens (tertiary/aromatic N) is 1. The number of hydrogen-bond donors (Lipinski definition) is 2. The number of amides is 1. The van der Waals surface area contributed by atoms with Gasteiger partial charge in [-0.1, -0.05) is 49.4 Å². The lowest BCUT2D eigenvalue weighted by Gasteiger charge is -2.14. The van der Waals surface area contributed by atoms with Crippen molar-refractivity contribution in [3.8, 4) is 6.07 Å². The number of aryl methyl sites for hydroxylation is 2. The van der Waals surface area contributed by atoms with Gasteiger partial charge >= 0.3 is 0 Å². The molecule has 0 aliphatic carbocycles. The SMILES string of the molecule is CCc1ccc([C@@H](C)NC(=O)/C(C#N)=C/c2c(C)[nH]c3ccccc23)cc1. The summed E-state index contributed by atoms with van der Waals surface area (Å²) in [6.07, 6.45) is 2.64. The van der Waals surface area contributed by atoms with Gasteiger partial charge in [-0.3, -0.25) is 4.79 Å². The second-order valence-corrected chi connectivity index (χ2v) is 6.67. The van der Waals surface area contributed by atoms with Crippen molar-refractivity contribution in [3.05, 3.63) is 76.5 Å². The van der Waals surface area contributed by atoms with Crippen molar-refractivity contribution in [2.75, 3.05) is 0 Å². The van der Waals surface area contributed by atoms with Gasteiger partial charge in [-0.2, -0.15) is 5.26 Å². The van der Waals surface area contributed by atoms with E-state index < -0.39 is 0 Å². The fourth-order valence-electron chi connectivity index (χ4n) is 3.18. The third-order valence-electron chi connectivity index (χ3n) is 4.83. The molecule has 0 aliphatic heterocycles. The van der Waals surface area contributed by atoms with Gasteiger partial charge in [0.15, 0.2) is 0 Å². The van der Waals surface area contributed by atoms with Crippen molar-refractivity contribution < 1.29 is 4.79 Å². The zero-order valence-corrected chi connectivity index (χ0v) is 15.8. The second-order valence-electron chi connectivity index (χ2n) is 6.67. The standard InChI is InChI=1S/C23H23N3O/c1-4-17-9-11-18(12-10-17)15(2)26-23(27)19(14-24)13-21-16(3)25-22-8-6-5-7-20(21)22/h5-13,15,25H,4H2,1-3H3,(H,26,27)/b19-13+/t15-/m1/s1. The Balaban J connectivity index is 1.84. The molecule has 3 aromatic rings. The summed E-state index contributed by atoms with van der Waals surface area (Å²) < 4.78 is 0. The Morgan fingerprint density at radius 1 is 1.22 bits per heavy atom. The minimum absolute atomic E-state index is 0.0971. The van der Waals surface area contributed by atoms with Crippen LogP contribution >= 0.6 is 0 Å². The highest BCUT2D eigenvalue weighted by molar-refractivity contribution is 6.04. The Hall–Kier alpha value is -3.32. The van der Waals surface area contributed by atoms with Crippen molar-refractivity contribution in [1.82, 2.24) is 10.3 Å². The first-order valence-corrected chi connectivity index (χ1v) is 9.12. The van der Waals surface area contributed by atoms with Crippen LogP contribution in [0, 0.1) is 18.3 Å². The van der Waals surface area contributed by atoms with E-state index in [0.29, 0.717) is 0 Å². The molecule has 0 aliphatic rings. The molecule has 1 heterocycles. The molecule has 2 N–H and O–H groups in total. The first kappa shape index (κ1) is 18.5. The maximum absolute atomic E-state index is 12.6. The van der Waals surface area contributed by atoms with Crippen LogP contribution in [0.4, 0.5) is 0 Å². The highest BCUT2D eigenvalue weighted by Crippen LogP contribution is 2.24. The van der Waals surface area contributed by atoms with Gasteiger partial charge in [-0.25, -0.2) is 0 Å². The van der Waals surface area contributed by atoms with Crippen LogP contribution in [0.2, 0.25) is 0 Å². The number of benzene rings is 2. The second kappa shape index (κ2) is 7.92. The Morgan fingerprint density at radius 2 is 1.93 bits per heavy atom. The van der Waals surface area contributed by atoms with E-state index >= 15 is 0 Å². The number of carbonyl (C=O) groups is 1. The van der Waals surface area contributed by atoms with E-state index in [1.807, 2.05) is 56.3 Å². The van der Waals surface area contributed by atoms with Crippen LogP contribution in [0.5, 0.6) is 0 Å². The predicted molar refractivity (Wildman–Crippen MR) is 109 cm³/mol. The number of H-pyrrole nitrogens is 1. The molecule has 0 saturated carbocycles. The molecule has 27 heavy (non-hydrogen) atoms. The normalized spacial score (nSPS) is 12.6. The van der Waals surface area contributed by atoms with Crippen molar-refractivity contribution in [1.29, 1.82) is 5.26 Å². The van der Waals surface area contributed by atoms with Gasteiger partial charge in [0.25, 0.3) is 5.91 Å². The van der Waals surface area contributed by atoms with E-state index in [1.54, 1.807) is 6.08 Å². The fraction of sp³-hybridized carbons (Fsp3) is 0.217. The average molecular weight is 357 g/mol. The molecule has 0 fully saturated rings. The van der Waals surface area contributed by atoms with Gasteiger partial charge in [0, 0.05) is 22.2 Å². The summed E-state index contributed by atoms with van der Waals surface area (Å²) in [4.78, 5) is 15.9. The summed E-state index contributed by atoms with van der Waals surface area (Å²) in [6, 6.07) is 17.9. The predicted octanol–water partition coefficient (Wildman–Crippen LogP) is 4.82. The molecule has 4 nitrogen and oxygen atoms in total. The summed E-state index contributed by atoms with van der Waals surface area (Å²) in [5, 5.41) is 13.4. The lowest BCUT2D eigenvalue weighted by molar-refractivity contribution is -0.117. The smallest absolute Gasteiger partial charge is 0.262 e. The van der Waals surface area contributed by atoms with Gasteiger partial charge in [-0.05, 0) is 43.5 Å². The minimum atomic E-state index is -0.366. The molecular weight excluding hydrogens is 334 g/mol. The van der Waals surface area contributed by atoms with E-state index in [2.05, 4.69) is 29.4 Å². The van der Waals surface area contributed by atoms with Crippen LogP contribution in [0.25, 0.3) is 17.0 Å². The van der Waals surface area contributed by atoms with Crippen LogP contribution < -0.4 is 5.32 Å². The monoisotopic (exact) mass is 357 g/mol. The number of nitriles is 1. The van der Waals surface area contributed by atoms with Gasteiger partial charge in [0.2, 0.25) is 0 Å². The molecule has 136 valence electrons. The Morgan fingerprint density at radius 3 is 2.59 bits per heavy atom. The molecule has 0 unspecified atom stereocenters. The molecule has 3 rings (SSSR count). The number of carbonyl (C=O) groups excluding carboxylic acids is 1. The van der Waals surface area contributed by atoms with Crippen LogP contribution in [0.3, 0.4) is 0 Å². The number of rotatable bonds is 5. The number of fused-ring (bicyclic) bond motifs is 1. The molecule has 4 heteroatoms. The average Bonchev–Trinajstić information content (AvgIpc) is 3.00. The van der Waals surface area contributed by atoms with Crippen molar-refractivity contribution in [2.45, 2.75) is 33.2 Å². The lowest BCUT2D eigenvalue weighted by atomic mass is 10.0. The van der Waals surface area contributed by atoms with Crippen LogP contribution in [0.1, 0.15) is 42.3 Å². The lowest BCUT2D eigenvalue weighted by Crippen LogP contribution is -2.27. The van der Waals surface area contributed by atoms with E-state index in [9.17, 15) is 10.1 Å². The Labute approximate surface area is 159 Å². The Kier molecular flexibility index (Phi) is 5.42. The maximum Gasteiger partial charge on any atom is 0.262 e. The molecular formula is C23H23N3O. The number of hydrogen-bond acceptors (Lipinski definition) is 2. The van der Waals surface area contributed by atoms with Crippen molar-refractivity contribution in [2.24, 2.45) is 0 Å². The highest BCUT2D eigenvalue weighted by Gasteiger charge is 2.15. The number of aromatic amines is 1. The largest absolute Gasteiger partial charge is 0.358 e. The van der Waals surface area contributed by atoms with Crippen LogP contribution in [-0.4, -0.2) is 10.9 Å². The topological polar surface area (TPSA) is 68.7 Å². The fourth-order valence-corrected chi connectivity index (χ4v) is 3.18. The van der Waals surface area contributed by atoms with Gasteiger partial charge in [0.1, 0.15) is 11.6 Å². The maximum atomic E-state index is 12.6. The number of para-hydroxylation sites is 1. The van der Waals surface area contributed by atoms with Gasteiger partial charge in [0.05, 0.1) is 6.04 Å². The first-order valence-electron chi connectivity index (χ1n) is 9.12. The van der Waals surface area contributed by atoms with E-state index in [1.165, 1.54) is 5.56 Å². The van der Waals surface area contributed by atoms with E-state index in [0.717, 1.165) is 34.1 Å². The summed E-state index contributed by atoms with van der Waals surface area (Å²) in [6.45, 7) is 5.97. The zero-order chi connectivity index (χ0) is 19.4. The molecule has 0 radical (unpaired) electrons. The third kappa shape index (κ3) is 3.93. The van der Waals surface area contributed by atoms with Crippen molar-refractivity contribution >= 4 is 22.9 Å².